The second-order valence-electron chi connectivity index (χ2n) is 4.30. The third kappa shape index (κ3) is 2.89. The summed E-state index contributed by atoms with van der Waals surface area (Å²) in [6, 6.07) is 8.15. The maximum Gasteiger partial charge on any atom is 0.192 e. The van der Waals surface area contributed by atoms with Crippen molar-refractivity contribution in [1.29, 1.82) is 0 Å². The minimum Gasteiger partial charge on any atom is -0.326 e. The Morgan fingerprint density at radius 1 is 1.11 bits per heavy atom. The Balaban J connectivity index is 2.39. The van der Waals surface area contributed by atoms with Crippen LogP contribution in [0, 0.1) is 20.8 Å². The minimum absolute atomic E-state index is 0.537. The van der Waals surface area contributed by atoms with E-state index in [1.807, 2.05) is 26.0 Å². The van der Waals surface area contributed by atoms with Crippen molar-refractivity contribution in [2.24, 2.45) is 5.73 Å². The first-order valence-electron chi connectivity index (χ1n) is 5.89. The van der Waals surface area contributed by atoms with Gasteiger partial charge >= 0.3 is 0 Å². The molecule has 0 spiro atoms. The first-order valence-corrected chi connectivity index (χ1v) is 6.70. The molecule has 0 radical (unpaired) electrons. The minimum atomic E-state index is 0.537. The molecule has 94 valence electrons. The van der Waals surface area contributed by atoms with Crippen LogP contribution < -0.4 is 5.73 Å². The smallest absolute Gasteiger partial charge is 0.192 e. The maximum atomic E-state index is 5.78. The molecule has 4 heteroatoms. The van der Waals surface area contributed by atoms with E-state index in [0.29, 0.717) is 6.54 Å². The van der Waals surface area contributed by atoms with Crippen molar-refractivity contribution in [2.45, 2.75) is 37.4 Å². The molecule has 18 heavy (non-hydrogen) atoms. The van der Waals surface area contributed by atoms with Gasteiger partial charge < -0.3 is 5.73 Å². The molecule has 0 aliphatic rings. The van der Waals surface area contributed by atoms with Crippen LogP contribution in [0.3, 0.4) is 0 Å². The molecule has 0 fully saturated rings. The molecular weight excluding hydrogens is 242 g/mol. The van der Waals surface area contributed by atoms with E-state index >= 15 is 0 Å². The van der Waals surface area contributed by atoms with Gasteiger partial charge in [-0.1, -0.05) is 18.2 Å². The van der Waals surface area contributed by atoms with Crippen molar-refractivity contribution in [3.05, 3.63) is 46.8 Å². The van der Waals surface area contributed by atoms with E-state index in [1.54, 1.807) is 11.8 Å². The van der Waals surface area contributed by atoms with Gasteiger partial charge in [-0.3, -0.25) is 0 Å². The summed E-state index contributed by atoms with van der Waals surface area (Å²) in [5, 5.41) is 0.788. The molecule has 0 aliphatic heterocycles. The van der Waals surface area contributed by atoms with Crippen LogP contribution in [-0.2, 0) is 6.54 Å². The monoisotopic (exact) mass is 259 g/mol. The molecule has 0 saturated heterocycles. The molecular formula is C14H17N3S. The molecule has 0 bridgehead atoms. The summed E-state index contributed by atoms with van der Waals surface area (Å²) >= 11 is 1.59. The standard InChI is InChI=1S/C14H17N3S/c1-9-5-4-6-12(8-15)13(9)18-14-16-10(2)7-11(3)17-14/h4-7H,8,15H2,1-3H3. The summed E-state index contributed by atoms with van der Waals surface area (Å²) in [4.78, 5) is 10.1. The molecule has 2 N–H and O–H groups in total. The summed E-state index contributed by atoms with van der Waals surface area (Å²) in [6.45, 7) is 6.60. The second-order valence-corrected chi connectivity index (χ2v) is 5.28. The molecule has 3 nitrogen and oxygen atoms in total. The molecule has 1 aromatic heterocycles. The van der Waals surface area contributed by atoms with Crippen LogP contribution in [0.2, 0.25) is 0 Å². The van der Waals surface area contributed by atoms with Crippen LogP contribution in [0.1, 0.15) is 22.5 Å². The van der Waals surface area contributed by atoms with Crippen LogP contribution in [0.15, 0.2) is 34.3 Å². The number of hydrogen-bond donors (Lipinski definition) is 1. The van der Waals surface area contributed by atoms with Crippen molar-refractivity contribution in [1.82, 2.24) is 9.97 Å². The molecule has 0 atom stereocenters. The highest BCUT2D eigenvalue weighted by Crippen LogP contribution is 2.31. The first-order chi connectivity index (χ1) is 8.60. The SMILES string of the molecule is Cc1cc(C)nc(Sc2c(C)cccc2CN)n1. The predicted octanol–water partition coefficient (Wildman–Crippen LogP) is 3.01. The quantitative estimate of drug-likeness (QED) is 0.861. The van der Waals surface area contributed by atoms with Gasteiger partial charge in [-0.25, -0.2) is 9.97 Å². The summed E-state index contributed by atoms with van der Waals surface area (Å²) in [5.41, 5.74) is 10.1. The number of nitrogens with two attached hydrogens (primary N) is 1. The Hall–Kier alpha value is -1.39. The summed E-state index contributed by atoms with van der Waals surface area (Å²) < 4.78 is 0. The van der Waals surface area contributed by atoms with E-state index in [1.165, 1.54) is 10.5 Å². The van der Waals surface area contributed by atoms with Crippen molar-refractivity contribution < 1.29 is 0 Å². The largest absolute Gasteiger partial charge is 0.326 e. The molecule has 0 unspecified atom stereocenters. The van der Waals surface area contributed by atoms with Crippen molar-refractivity contribution in [3.8, 4) is 0 Å². The lowest BCUT2D eigenvalue weighted by Gasteiger charge is -2.10. The first kappa shape index (κ1) is 13.1. The third-order valence-electron chi connectivity index (χ3n) is 2.67. The molecule has 0 amide bonds. The average Bonchev–Trinajstić information content (AvgIpc) is 2.30. The van der Waals surface area contributed by atoms with E-state index in [9.17, 15) is 0 Å². The van der Waals surface area contributed by atoms with Crippen LogP contribution in [-0.4, -0.2) is 9.97 Å². The highest BCUT2D eigenvalue weighted by molar-refractivity contribution is 7.99. The van der Waals surface area contributed by atoms with Gasteiger partial charge in [0.25, 0.3) is 0 Å². The van der Waals surface area contributed by atoms with Crippen LogP contribution in [0.25, 0.3) is 0 Å². The van der Waals surface area contributed by atoms with Gasteiger partial charge in [-0.15, -0.1) is 0 Å². The van der Waals surface area contributed by atoms with Gasteiger partial charge in [0.15, 0.2) is 5.16 Å². The fraction of sp³-hybridized carbons (Fsp3) is 0.286. The normalized spacial score (nSPS) is 10.7. The molecule has 1 aromatic carbocycles. The predicted molar refractivity (Wildman–Crippen MR) is 74.7 cm³/mol. The van der Waals surface area contributed by atoms with Gasteiger partial charge in [0, 0.05) is 22.8 Å². The van der Waals surface area contributed by atoms with Gasteiger partial charge in [-0.2, -0.15) is 0 Å². The highest BCUT2D eigenvalue weighted by atomic mass is 32.2. The average molecular weight is 259 g/mol. The molecule has 2 rings (SSSR count). The maximum absolute atomic E-state index is 5.78. The van der Waals surface area contributed by atoms with Crippen molar-refractivity contribution >= 4 is 11.8 Å². The van der Waals surface area contributed by atoms with E-state index in [0.717, 1.165) is 22.1 Å². The fourth-order valence-electron chi connectivity index (χ4n) is 1.85. The Labute approximate surface area is 112 Å². The van der Waals surface area contributed by atoms with Gasteiger partial charge in [0.2, 0.25) is 0 Å². The molecule has 2 aromatic rings. The molecule has 1 heterocycles. The van der Waals surface area contributed by atoms with Crippen LogP contribution >= 0.6 is 11.8 Å². The molecule has 0 aliphatic carbocycles. The number of hydrogen-bond acceptors (Lipinski definition) is 4. The van der Waals surface area contributed by atoms with Gasteiger partial charge in [0.1, 0.15) is 0 Å². The zero-order chi connectivity index (χ0) is 13.1. The topological polar surface area (TPSA) is 51.8 Å². The number of nitrogens with zero attached hydrogens (tertiary/aromatic N) is 2. The number of aryl methyl sites for hydroxylation is 3. The lowest BCUT2D eigenvalue weighted by atomic mass is 10.1. The van der Waals surface area contributed by atoms with Crippen LogP contribution in [0.5, 0.6) is 0 Å². The number of aromatic nitrogens is 2. The second kappa shape index (κ2) is 5.50. The van der Waals surface area contributed by atoms with Gasteiger partial charge in [0.05, 0.1) is 0 Å². The Kier molecular flexibility index (Phi) is 3.99. The van der Waals surface area contributed by atoms with E-state index in [2.05, 4.69) is 29.0 Å². The van der Waals surface area contributed by atoms with Crippen molar-refractivity contribution in [3.63, 3.8) is 0 Å². The van der Waals surface area contributed by atoms with Crippen LogP contribution in [0.4, 0.5) is 0 Å². The highest BCUT2D eigenvalue weighted by Gasteiger charge is 2.09. The summed E-state index contributed by atoms with van der Waals surface area (Å²) in [6.07, 6.45) is 0. The van der Waals surface area contributed by atoms with E-state index < -0.39 is 0 Å². The summed E-state index contributed by atoms with van der Waals surface area (Å²) in [5.74, 6) is 0. The Morgan fingerprint density at radius 3 is 2.39 bits per heavy atom. The van der Waals surface area contributed by atoms with E-state index in [-0.39, 0.29) is 0 Å². The number of rotatable bonds is 3. The fourth-order valence-corrected chi connectivity index (χ4v) is 2.92. The Morgan fingerprint density at radius 2 is 1.78 bits per heavy atom. The zero-order valence-corrected chi connectivity index (χ0v) is 11.7. The third-order valence-corrected chi connectivity index (χ3v) is 3.82. The lowest BCUT2D eigenvalue weighted by Crippen LogP contribution is -2.00. The summed E-state index contributed by atoms with van der Waals surface area (Å²) in [7, 11) is 0. The van der Waals surface area contributed by atoms with E-state index in [4.69, 9.17) is 5.73 Å². The lowest BCUT2D eigenvalue weighted by molar-refractivity contribution is 0.898. The zero-order valence-electron chi connectivity index (χ0n) is 10.9. The Bertz CT molecular complexity index is 547. The number of benzene rings is 1. The van der Waals surface area contributed by atoms with Gasteiger partial charge in [-0.05, 0) is 49.7 Å². The molecule has 0 saturated carbocycles. The van der Waals surface area contributed by atoms with Crippen molar-refractivity contribution in [2.75, 3.05) is 0 Å².